The van der Waals surface area contributed by atoms with E-state index in [1.807, 2.05) is 6.92 Å². The van der Waals surface area contributed by atoms with Crippen molar-refractivity contribution < 1.29 is 14.6 Å². The number of carbonyl (C=O) groups excluding carboxylic acids is 1. The van der Waals surface area contributed by atoms with E-state index in [0.29, 0.717) is 23.5 Å². The number of halogens is 1. The predicted molar refractivity (Wildman–Crippen MR) is 88.5 cm³/mol. The summed E-state index contributed by atoms with van der Waals surface area (Å²) in [5.41, 5.74) is 3.39. The number of nitrogens with one attached hydrogen (secondary N) is 1. The molecule has 2 aromatic carbocycles. The molecule has 0 fully saturated rings. The zero-order valence-corrected chi connectivity index (χ0v) is 13.5. The van der Waals surface area contributed by atoms with Gasteiger partial charge >= 0.3 is 0 Å². The molecule has 0 heterocycles. The molecule has 0 radical (unpaired) electrons. The molecule has 2 N–H and O–H groups in total. The molecule has 0 aliphatic carbocycles. The third-order valence-corrected chi connectivity index (χ3v) is 3.32. The van der Waals surface area contributed by atoms with Gasteiger partial charge in [0.15, 0.2) is 0 Å². The number of benzene rings is 2. The fourth-order valence-electron chi connectivity index (χ4n) is 1.72. The summed E-state index contributed by atoms with van der Waals surface area (Å²) in [6.45, 7) is 2.39. The number of ether oxygens (including phenoxy) is 1. The van der Waals surface area contributed by atoms with Crippen LogP contribution in [0.2, 0.25) is 0 Å². The third-order valence-electron chi connectivity index (χ3n) is 2.79. The van der Waals surface area contributed by atoms with Gasteiger partial charge in [0, 0.05) is 21.7 Å². The van der Waals surface area contributed by atoms with Gasteiger partial charge in [0.25, 0.3) is 5.91 Å². The molecule has 0 saturated carbocycles. The lowest BCUT2D eigenvalue weighted by atomic mass is 10.2. The molecule has 0 spiro atoms. The highest BCUT2D eigenvalue weighted by Gasteiger charge is 2.04. The summed E-state index contributed by atoms with van der Waals surface area (Å²) in [5, 5.41) is 13.7. The number of hydrogen-bond acceptors (Lipinski definition) is 4. The van der Waals surface area contributed by atoms with Crippen molar-refractivity contribution >= 4 is 28.1 Å². The minimum absolute atomic E-state index is 0.0348. The van der Waals surface area contributed by atoms with E-state index in [4.69, 9.17) is 4.74 Å². The minimum Gasteiger partial charge on any atom is -0.507 e. The van der Waals surface area contributed by atoms with Crippen molar-refractivity contribution in [3.05, 3.63) is 58.1 Å². The number of hydrogen-bond donors (Lipinski definition) is 2. The van der Waals surface area contributed by atoms with Crippen molar-refractivity contribution in [2.75, 3.05) is 6.61 Å². The first-order valence-corrected chi connectivity index (χ1v) is 7.44. The van der Waals surface area contributed by atoms with E-state index in [1.54, 1.807) is 36.4 Å². The molecule has 2 rings (SSSR count). The Morgan fingerprint density at radius 1 is 1.32 bits per heavy atom. The molecule has 22 heavy (non-hydrogen) atoms. The summed E-state index contributed by atoms with van der Waals surface area (Å²) in [5.74, 6) is 0.290. The molecule has 0 aliphatic heterocycles. The number of carbonyl (C=O) groups is 1. The maximum Gasteiger partial charge on any atom is 0.271 e. The molecule has 0 saturated heterocycles. The van der Waals surface area contributed by atoms with E-state index >= 15 is 0 Å². The largest absolute Gasteiger partial charge is 0.507 e. The highest BCUT2D eigenvalue weighted by molar-refractivity contribution is 9.10. The zero-order chi connectivity index (χ0) is 15.9. The van der Waals surface area contributed by atoms with Gasteiger partial charge in [-0.05, 0) is 43.3 Å². The maximum absolute atomic E-state index is 11.8. The van der Waals surface area contributed by atoms with Crippen LogP contribution in [0.25, 0.3) is 0 Å². The number of phenols is 1. The van der Waals surface area contributed by atoms with Gasteiger partial charge in [-0.25, -0.2) is 5.43 Å². The molecule has 0 bridgehead atoms. The first-order valence-electron chi connectivity index (χ1n) is 6.65. The Morgan fingerprint density at radius 3 is 2.68 bits per heavy atom. The lowest BCUT2D eigenvalue weighted by molar-refractivity contribution is 0.0955. The highest BCUT2D eigenvalue weighted by Crippen LogP contribution is 2.22. The Labute approximate surface area is 136 Å². The van der Waals surface area contributed by atoms with E-state index in [-0.39, 0.29) is 11.7 Å². The van der Waals surface area contributed by atoms with Crippen LogP contribution in [-0.4, -0.2) is 23.8 Å². The van der Waals surface area contributed by atoms with Gasteiger partial charge in [-0.15, -0.1) is 0 Å². The summed E-state index contributed by atoms with van der Waals surface area (Å²) < 4.78 is 6.17. The average molecular weight is 363 g/mol. The van der Waals surface area contributed by atoms with Crippen molar-refractivity contribution in [3.8, 4) is 11.5 Å². The van der Waals surface area contributed by atoms with E-state index in [1.165, 1.54) is 12.3 Å². The summed E-state index contributed by atoms with van der Waals surface area (Å²) in [6, 6.07) is 11.8. The van der Waals surface area contributed by atoms with Crippen LogP contribution in [0, 0.1) is 0 Å². The lowest BCUT2D eigenvalue weighted by Crippen LogP contribution is -2.17. The van der Waals surface area contributed by atoms with E-state index in [0.717, 1.165) is 4.47 Å². The van der Waals surface area contributed by atoms with Crippen LogP contribution in [-0.2, 0) is 0 Å². The van der Waals surface area contributed by atoms with Gasteiger partial charge in [-0.1, -0.05) is 15.9 Å². The molecule has 1 amide bonds. The highest BCUT2D eigenvalue weighted by atomic mass is 79.9. The molecular formula is C16H15BrN2O3. The Kier molecular flexibility index (Phi) is 5.55. The lowest BCUT2D eigenvalue weighted by Gasteiger charge is -2.05. The minimum atomic E-state index is -0.325. The molecule has 114 valence electrons. The number of rotatable bonds is 5. The molecule has 0 unspecified atom stereocenters. The predicted octanol–water partition coefficient (Wildman–Crippen LogP) is 3.32. The molecular weight excluding hydrogens is 348 g/mol. The molecule has 2 aromatic rings. The molecule has 0 aromatic heterocycles. The van der Waals surface area contributed by atoms with Crippen LogP contribution in [0.15, 0.2) is 52.0 Å². The average Bonchev–Trinajstić information content (AvgIpc) is 2.50. The number of aromatic hydroxyl groups is 1. The van der Waals surface area contributed by atoms with Crippen molar-refractivity contribution in [1.29, 1.82) is 0 Å². The van der Waals surface area contributed by atoms with Gasteiger partial charge in [-0.3, -0.25) is 4.79 Å². The first-order chi connectivity index (χ1) is 10.6. The maximum atomic E-state index is 11.8. The van der Waals surface area contributed by atoms with Gasteiger partial charge < -0.3 is 9.84 Å². The van der Waals surface area contributed by atoms with Crippen LogP contribution >= 0.6 is 15.9 Å². The summed E-state index contributed by atoms with van der Waals surface area (Å²) in [7, 11) is 0. The van der Waals surface area contributed by atoms with Crippen LogP contribution in [0.5, 0.6) is 11.5 Å². The van der Waals surface area contributed by atoms with Crippen molar-refractivity contribution in [2.24, 2.45) is 5.10 Å². The summed E-state index contributed by atoms with van der Waals surface area (Å²) >= 11 is 3.30. The van der Waals surface area contributed by atoms with Crippen LogP contribution in [0.4, 0.5) is 0 Å². The number of amides is 1. The summed E-state index contributed by atoms with van der Waals surface area (Å²) in [4.78, 5) is 11.8. The SMILES string of the molecule is CCOc1ccc(/C=N\NC(=O)c2ccc(Br)cc2)c(O)c1. The fraction of sp³-hybridized carbons (Fsp3) is 0.125. The van der Waals surface area contributed by atoms with E-state index in [2.05, 4.69) is 26.5 Å². The first kappa shape index (κ1) is 16.0. The quantitative estimate of drug-likeness (QED) is 0.633. The standard InChI is InChI=1S/C16H15BrN2O3/c1-2-22-14-8-5-12(15(20)9-14)10-18-19-16(21)11-3-6-13(17)7-4-11/h3-10,20H,2H2,1H3,(H,19,21)/b18-10-. The Balaban J connectivity index is 2.00. The van der Waals surface area contributed by atoms with Gasteiger partial charge in [0.2, 0.25) is 0 Å². The Bertz CT molecular complexity index is 684. The van der Waals surface area contributed by atoms with Crippen LogP contribution in [0.1, 0.15) is 22.8 Å². The van der Waals surface area contributed by atoms with Crippen molar-refractivity contribution in [3.63, 3.8) is 0 Å². The van der Waals surface area contributed by atoms with Crippen molar-refractivity contribution in [2.45, 2.75) is 6.92 Å². The van der Waals surface area contributed by atoms with Crippen LogP contribution < -0.4 is 10.2 Å². The Morgan fingerprint density at radius 2 is 2.05 bits per heavy atom. The molecule has 6 heteroatoms. The van der Waals surface area contributed by atoms with E-state index < -0.39 is 0 Å². The smallest absolute Gasteiger partial charge is 0.271 e. The third kappa shape index (κ3) is 4.33. The second-order valence-electron chi connectivity index (χ2n) is 4.36. The van der Waals surface area contributed by atoms with Crippen molar-refractivity contribution in [1.82, 2.24) is 5.43 Å². The van der Waals surface area contributed by atoms with Gasteiger partial charge in [0.05, 0.1) is 12.8 Å². The van der Waals surface area contributed by atoms with Gasteiger partial charge in [-0.2, -0.15) is 5.10 Å². The molecule has 5 nitrogen and oxygen atoms in total. The van der Waals surface area contributed by atoms with Gasteiger partial charge in [0.1, 0.15) is 11.5 Å². The fourth-order valence-corrected chi connectivity index (χ4v) is 1.98. The second kappa shape index (κ2) is 7.61. The normalized spacial score (nSPS) is 10.6. The zero-order valence-electron chi connectivity index (χ0n) is 11.9. The number of phenolic OH excluding ortho intramolecular Hbond substituents is 1. The second-order valence-corrected chi connectivity index (χ2v) is 5.28. The molecule has 0 aliphatic rings. The topological polar surface area (TPSA) is 70.9 Å². The Hall–Kier alpha value is -2.34. The number of nitrogens with zero attached hydrogens (tertiary/aromatic N) is 1. The van der Waals surface area contributed by atoms with E-state index in [9.17, 15) is 9.90 Å². The number of hydrazone groups is 1. The molecule has 0 atom stereocenters. The monoisotopic (exact) mass is 362 g/mol. The van der Waals surface area contributed by atoms with Crippen LogP contribution in [0.3, 0.4) is 0 Å². The summed E-state index contributed by atoms with van der Waals surface area (Å²) in [6.07, 6.45) is 1.38.